The maximum absolute atomic E-state index is 13.5. The van der Waals surface area contributed by atoms with Crippen LogP contribution in [0.2, 0.25) is 0 Å². The number of nitrogens with zero attached hydrogens (tertiary/aromatic N) is 3. The van der Waals surface area contributed by atoms with Gasteiger partial charge in [0.25, 0.3) is 11.8 Å². The number of hydrogen-bond donors (Lipinski definition) is 0. The molecule has 0 bridgehead atoms. The molecule has 0 radical (unpaired) electrons. The molecule has 1 aromatic heterocycles. The van der Waals surface area contributed by atoms with Crippen molar-refractivity contribution < 1.29 is 22.8 Å². The minimum absolute atomic E-state index is 0.120. The zero-order valence-electron chi connectivity index (χ0n) is 16.1. The number of rotatable bonds is 2. The van der Waals surface area contributed by atoms with E-state index in [2.05, 4.69) is 4.98 Å². The van der Waals surface area contributed by atoms with Crippen molar-refractivity contribution in [3.63, 3.8) is 0 Å². The third kappa shape index (κ3) is 2.67. The van der Waals surface area contributed by atoms with Gasteiger partial charge in [-0.15, -0.1) is 0 Å². The fourth-order valence-corrected chi connectivity index (χ4v) is 4.54. The number of halogens is 3. The summed E-state index contributed by atoms with van der Waals surface area (Å²) in [5, 5.41) is 0. The third-order valence-corrected chi connectivity index (χ3v) is 5.84. The van der Waals surface area contributed by atoms with Crippen molar-refractivity contribution in [3.8, 4) is 0 Å². The van der Waals surface area contributed by atoms with Gasteiger partial charge in [0.2, 0.25) is 0 Å². The standard InChI is InChI=1S/C23H16F3N3O2/c24-23(25,26)17-10-8-15(9-11-17)20(30)28-13-14-29-21(31)19-18(7-4-12-27-19)22(28,29)16-5-2-1-3-6-16/h1-12H,13-14H2. The Balaban J connectivity index is 1.66. The van der Waals surface area contributed by atoms with Crippen LogP contribution in [0, 0.1) is 0 Å². The molecule has 31 heavy (non-hydrogen) atoms. The van der Waals surface area contributed by atoms with E-state index in [9.17, 15) is 22.8 Å². The van der Waals surface area contributed by atoms with Gasteiger partial charge in [-0.3, -0.25) is 14.6 Å². The van der Waals surface area contributed by atoms with E-state index < -0.39 is 23.3 Å². The molecule has 5 nitrogen and oxygen atoms in total. The van der Waals surface area contributed by atoms with Crippen molar-refractivity contribution in [1.29, 1.82) is 0 Å². The highest BCUT2D eigenvalue weighted by atomic mass is 19.4. The SMILES string of the molecule is O=C(c1ccc(C(F)(F)F)cc1)N1CCN2C(=O)c3ncccc3C12c1ccccc1. The van der Waals surface area contributed by atoms with E-state index in [0.717, 1.165) is 12.1 Å². The van der Waals surface area contributed by atoms with Gasteiger partial charge in [0.15, 0.2) is 5.66 Å². The molecule has 3 aromatic rings. The normalized spacial score (nSPS) is 20.0. The highest BCUT2D eigenvalue weighted by molar-refractivity contribution is 6.02. The second-order valence-electron chi connectivity index (χ2n) is 7.43. The molecule has 0 aliphatic carbocycles. The largest absolute Gasteiger partial charge is 0.416 e. The van der Waals surface area contributed by atoms with E-state index in [0.29, 0.717) is 11.1 Å². The lowest BCUT2D eigenvalue weighted by Gasteiger charge is -2.40. The first kappa shape index (κ1) is 19.3. The maximum Gasteiger partial charge on any atom is 0.416 e. The van der Waals surface area contributed by atoms with Crippen LogP contribution in [0.3, 0.4) is 0 Å². The van der Waals surface area contributed by atoms with Crippen molar-refractivity contribution in [2.75, 3.05) is 13.1 Å². The van der Waals surface area contributed by atoms with Crippen LogP contribution in [0.1, 0.15) is 37.5 Å². The van der Waals surface area contributed by atoms with E-state index in [1.54, 1.807) is 21.9 Å². The second kappa shape index (κ2) is 6.66. The lowest BCUT2D eigenvalue weighted by atomic mass is 9.90. The Bertz CT molecular complexity index is 1180. The topological polar surface area (TPSA) is 53.5 Å². The number of fused-ring (bicyclic) bond motifs is 3. The Labute approximate surface area is 175 Å². The van der Waals surface area contributed by atoms with Gasteiger partial charge in [-0.1, -0.05) is 36.4 Å². The van der Waals surface area contributed by atoms with Crippen LogP contribution in [0.5, 0.6) is 0 Å². The molecule has 0 saturated carbocycles. The van der Waals surface area contributed by atoms with Crippen LogP contribution in [0.15, 0.2) is 72.9 Å². The fraction of sp³-hybridized carbons (Fsp3) is 0.174. The van der Waals surface area contributed by atoms with E-state index in [4.69, 9.17) is 0 Å². The Hall–Kier alpha value is -3.68. The first-order chi connectivity index (χ1) is 14.8. The summed E-state index contributed by atoms with van der Waals surface area (Å²) in [6.07, 6.45) is -2.96. The Kier molecular flexibility index (Phi) is 4.15. The molecule has 1 atom stereocenters. The van der Waals surface area contributed by atoms with E-state index in [1.165, 1.54) is 18.3 Å². The maximum atomic E-state index is 13.5. The van der Waals surface area contributed by atoms with Gasteiger partial charge in [-0.25, -0.2) is 0 Å². The number of hydrogen-bond acceptors (Lipinski definition) is 3. The van der Waals surface area contributed by atoms with Gasteiger partial charge in [-0.2, -0.15) is 13.2 Å². The van der Waals surface area contributed by atoms with Gasteiger partial charge >= 0.3 is 6.18 Å². The van der Waals surface area contributed by atoms with Gasteiger partial charge in [0.05, 0.1) is 5.56 Å². The number of alkyl halides is 3. The number of carbonyl (C=O) groups is 2. The molecular weight excluding hydrogens is 407 g/mol. The second-order valence-corrected chi connectivity index (χ2v) is 7.43. The summed E-state index contributed by atoms with van der Waals surface area (Å²) in [7, 11) is 0. The highest BCUT2D eigenvalue weighted by Crippen LogP contribution is 2.49. The van der Waals surface area contributed by atoms with Crippen molar-refractivity contribution in [3.05, 3.63) is 101 Å². The zero-order chi connectivity index (χ0) is 21.8. The molecule has 3 heterocycles. The molecule has 1 saturated heterocycles. The average molecular weight is 423 g/mol. The summed E-state index contributed by atoms with van der Waals surface area (Å²) in [5.41, 5.74) is -0.319. The molecule has 2 aliphatic rings. The van der Waals surface area contributed by atoms with Gasteiger partial charge < -0.3 is 9.80 Å². The van der Waals surface area contributed by atoms with Crippen LogP contribution in [-0.2, 0) is 11.8 Å². The quantitative estimate of drug-likeness (QED) is 0.628. The molecule has 0 N–H and O–H groups in total. The van der Waals surface area contributed by atoms with Gasteiger partial charge in [-0.05, 0) is 30.3 Å². The van der Waals surface area contributed by atoms with Gasteiger partial charge in [0, 0.05) is 36.0 Å². The molecule has 5 rings (SSSR count). The number of benzene rings is 2. The van der Waals surface area contributed by atoms with Crippen molar-refractivity contribution in [2.24, 2.45) is 0 Å². The summed E-state index contributed by atoms with van der Waals surface area (Å²) in [6.45, 7) is 0.533. The first-order valence-electron chi connectivity index (χ1n) is 9.67. The predicted octanol–water partition coefficient (Wildman–Crippen LogP) is 3.91. The molecule has 0 spiro atoms. The summed E-state index contributed by atoms with van der Waals surface area (Å²) >= 11 is 0. The molecule has 2 aromatic carbocycles. The number of pyridine rings is 1. The molecule has 8 heteroatoms. The summed E-state index contributed by atoms with van der Waals surface area (Å²) in [4.78, 5) is 34.1. The minimum atomic E-state index is -4.49. The average Bonchev–Trinajstić information content (AvgIpc) is 3.29. The van der Waals surface area contributed by atoms with Crippen molar-refractivity contribution >= 4 is 11.8 Å². The summed E-state index contributed by atoms with van der Waals surface area (Å²) in [5.74, 6) is -0.730. The molecule has 1 fully saturated rings. The Morgan fingerprint density at radius 2 is 1.65 bits per heavy atom. The van der Waals surface area contributed by atoms with Crippen molar-refractivity contribution in [1.82, 2.24) is 14.8 Å². The molecule has 2 aliphatic heterocycles. The first-order valence-corrected chi connectivity index (χ1v) is 9.67. The fourth-order valence-electron chi connectivity index (χ4n) is 4.54. The Morgan fingerprint density at radius 1 is 0.935 bits per heavy atom. The van der Waals surface area contributed by atoms with E-state index in [1.807, 2.05) is 30.3 Å². The number of carbonyl (C=O) groups excluding carboxylic acids is 2. The van der Waals surface area contributed by atoms with Crippen LogP contribution in [0.25, 0.3) is 0 Å². The molecular formula is C23H16F3N3O2. The van der Waals surface area contributed by atoms with Crippen LogP contribution >= 0.6 is 0 Å². The number of amides is 2. The van der Waals surface area contributed by atoms with Crippen LogP contribution in [-0.4, -0.2) is 39.7 Å². The predicted molar refractivity (Wildman–Crippen MR) is 105 cm³/mol. The summed E-state index contributed by atoms with van der Waals surface area (Å²) < 4.78 is 38.8. The minimum Gasteiger partial charge on any atom is -0.306 e. The third-order valence-electron chi connectivity index (χ3n) is 5.84. The smallest absolute Gasteiger partial charge is 0.306 e. The molecule has 156 valence electrons. The lowest BCUT2D eigenvalue weighted by Crippen LogP contribution is -2.51. The van der Waals surface area contributed by atoms with Crippen LogP contribution in [0.4, 0.5) is 13.2 Å². The monoisotopic (exact) mass is 423 g/mol. The van der Waals surface area contributed by atoms with Crippen molar-refractivity contribution in [2.45, 2.75) is 11.8 Å². The van der Waals surface area contributed by atoms with Gasteiger partial charge in [0.1, 0.15) is 5.69 Å². The molecule has 1 unspecified atom stereocenters. The number of aromatic nitrogens is 1. The Morgan fingerprint density at radius 3 is 2.32 bits per heavy atom. The van der Waals surface area contributed by atoms with E-state index >= 15 is 0 Å². The lowest BCUT2D eigenvalue weighted by molar-refractivity contribution is -0.137. The van der Waals surface area contributed by atoms with E-state index in [-0.39, 0.29) is 30.3 Å². The van der Waals surface area contributed by atoms with Crippen LogP contribution < -0.4 is 0 Å². The highest BCUT2D eigenvalue weighted by Gasteiger charge is 2.60. The summed E-state index contributed by atoms with van der Waals surface area (Å²) in [6, 6.07) is 16.8. The molecule has 2 amide bonds. The zero-order valence-corrected chi connectivity index (χ0v) is 16.1.